The van der Waals surface area contributed by atoms with Crippen LogP contribution in [0.25, 0.3) is 116 Å². The van der Waals surface area contributed by atoms with Crippen molar-refractivity contribution in [3.05, 3.63) is 163 Å². The van der Waals surface area contributed by atoms with E-state index in [9.17, 15) is 0 Å². The number of hydrogen-bond acceptors (Lipinski definition) is 4. The van der Waals surface area contributed by atoms with Crippen LogP contribution in [0.1, 0.15) is 11.1 Å². The Morgan fingerprint density at radius 1 is 0.566 bits per heavy atom. The Hall–Kier alpha value is -6.82. The number of furan rings is 1. The van der Waals surface area contributed by atoms with Crippen LogP contribution < -0.4 is 0 Å². The molecule has 0 amide bonds. The first kappa shape index (κ1) is 28.8. The topological polar surface area (TPSA) is 43.9 Å². The first-order chi connectivity index (χ1) is 26.3. The van der Waals surface area contributed by atoms with Crippen molar-refractivity contribution >= 4 is 87.5 Å². The van der Waals surface area contributed by atoms with Gasteiger partial charge in [0.1, 0.15) is 16.8 Å². The standard InChI is InChI=1S/C48H27N3OS/c1-2-12-28(13-3-1)43-46-44(35-18-5-8-22-40(35)52-46)50-48(49-43)31-16-10-15-30(26-31)37-27-39-34(47-42(37)36-19-6-9-23-41(36)53-47)25-24-29-14-11-20-33-32-17-4-7-21-38(32)51(39)45(29)33/h1-27H. The molecular formula is C48H27N3OS. The Morgan fingerprint density at radius 3 is 2.23 bits per heavy atom. The summed E-state index contributed by atoms with van der Waals surface area (Å²) in [6, 6.07) is 53.8. The van der Waals surface area contributed by atoms with Crippen LogP contribution in [-0.4, -0.2) is 14.5 Å². The van der Waals surface area contributed by atoms with E-state index < -0.39 is 0 Å². The summed E-state index contributed by atoms with van der Waals surface area (Å²) in [7, 11) is 0. The minimum atomic E-state index is 0.668. The van der Waals surface area contributed by atoms with E-state index >= 15 is 0 Å². The Morgan fingerprint density at radius 2 is 1.30 bits per heavy atom. The minimum Gasteiger partial charge on any atom is -0.452 e. The van der Waals surface area contributed by atoms with Gasteiger partial charge in [0, 0.05) is 53.0 Å². The molecule has 0 atom stereocenters. The highest BCUT2D eigenvalue weighted by Gasteiger charge is 2.24. The van der Waals surface area contributed by atoms with E-state index in [-0.39, 0.29) is 0 Å². The van der Waals surface area contributed by atoms with Gasteiger partial charge >= 0.3 is 0 Å². The maximum Gasteiger partial charge on any atom is 0.180 e. The second-order valence-electron chi connectivity index (χ2n) is 13.7. The highest BCUT2D eigenvalue weighted by Crippen LogP contribution is 2.48. The average Bonchev–Trinajstić information content (AvgIpc) is 3.86. The molecule has 0 saturated carbocycles. The van der Waals surface area contributed by atoms with Gasteiger partial charge in [-0.15, -0.1) is 11.3 Å². The zero-order chi connectivity index (χ0) is 34.6. The quantitative estimate of drug-likeness (QED) is 0.185. The van der Waals surface area contributed by atoms with E-state index in [1.54, 1.807) is 0 Å². The summed E-state index contributed by atoms with van der Waals surface area (Å²) in [5, 5.41) is 6.05. The van der Waals surface area contributed by atoms with Gasteiger partial charge in [0.2, 0.25) is 0 Å². The Bertz CT molecular complexity index is 3350. The Kier molecular flexibility index (Phi) is 5.90. The van der Waals surface area contributed by atoms with Crippen LogP contribution in [0.15, 0.2) is 156 Å². The van der Waals surface area contributed by atoms with E-state index in [1.807, 2.05) is 47.7 Å². The SMILES string of the molecule is C1=Cc2cccc3c4ccccc4n(c23)-c2cc(-c3cccc(-c4nc(-c5ccccc5)c5oc6ccccc6c5n4)c3)c3c(sc4ccccc43)c21. The van der Waals surface area contributed by atoms with Crippen LogP contribution in [0.3, 0.4) is 0 Å². The van der Waals surface area contributed by atoms with Crippen molar-refractivity contribution in [2.24, 2.45) is 0 Å². The van der Waals surface area contributed by atoms with Crippen molar-refractivity contribution in [3.8, 4) is 39.5 Å². The fourth-order valence-electron chi connectivity index (χ4n) is 8.42. The average molecular weight is 694 g/mol. The fourth-order valence-corrected chi connectivity index (χ4v) is 9.67. The number of para-hydroxylation sites is 3. The highest BCUT2D eigenvalue weighted by molar-refractivity contribution is 7.26. The van der Waals surface area contributed by atoms with E-state index in [4.69, 9.17) is 14.4 Å². The van der Waals surface area contributed by atoms with Gasteiger partial charge < -0.3 is 8.98 Å². The molecular weight excluding hydrogens is 667 g/mol. The second-order valence-corrected chi connectivity index (χ2v) is 14.8. The lowest BCUT2D eigenvalue weighted by Gasteiger charge is -2.16. The van der Waals surface area contributed by atoms with Crippen molar-refractivity contribution in [1.29, 1.82) is 0 Å². The third kappa shape index (κ3) is 4.11. The van der Waals surface area contributed by atoms with Gasteiger partial charge in [0.15, 0.2) is 11.4 Å². The molecule has 5 heterocycles. The lowest BCUT2D eigenvalue weighted by Crippen LogP contribution is -1.98. The summed E-state index contributed by atoms with van der Waals surface area (Å²) in [5.74, 6) is 0.668. The van der Waals surface area contributed by atoms with Crippen molar-refractivity contribution in [3.63, 3.8) is 0 Å². The first-order valence-electron chi connectivity index (χ1n) is 17.8. The van der Waals surface area contributed by atoms with Crippen LogP contribution in [0, 0.1) is 0 Å². The van der Waals surface area contributed by atoms with E-state index in [0.717, 1.165) is 38.9 Å². The van der Waals surface area contributed by atoms with Gasteiger partial charge in [0.25, 0.3) is 0 Å². The highest BCUT2D eigenvalue weighted by atomic mass is 32.1. The van der Waals surface area contributed by atoms with Crippen molar-refractivity contribution in [1.82, 2.24) is 14.5 Å². The van der Waals surface area contributed by atoms with Crippen LogP contribution in [0.2, 0.25) is 0 Å². The minimum absolute atomic E-state index is 0.668. The van der Waals surface area contributed by atoms with Crippen LogP contribution in [0.5, 0.6) is 0 Å². The maximum atomic E-state index is 6.41. The molecule has 0 radical (unpaired) electrons. The third-order valence-corrected chi connectivity index (χ3v) is 12.0. The van der Waals surface area contributed by atoms with Gasteiger partial charge in [-0.05, 0) is 53.1 Å². The number of thiophene rings is 1. The third-order valence-electron chi connectivity index (χ3n) is 10.8. The molecule has 11 aromatic rings. The fraction of sp³-hybridized carbons (Fsp3) is 0. The maximum absolute atomic E-state index is 6.41. The molecule has 7 aromatic carbocycles. The molecule has 5 heteroatoms. The Balaban J connectivity index is 1.15. The molecule has 1 aliphatic rings. The molecule has 0 aliphatic carbocycles. The smallest absolute Gasteiger partial charge is 0.180 e. The molecule has 0 saturated heterocycles. The second kappa shape index (κ2) is 10.8. The molecule has 0 bridgehead atoms. The largest absolute Gasteiger partial charge is 0.452 e. The first-order valence-corrected chi connectivity index (χ1v) is 18.6. The summed E-state index contributed by atoms with van der Waals surface area (Å²) >= 11 is 1.87. The molecule has 0 fully saturated rings. The molecule has 0 spiro atoms. The number of aromatic nitrogens is 3. The number of hydrogen-bond donors (Lipinski definition) is 0. The summed E-state index contributed by atoms with van der Waals surface area (Å²) in [6.07, 6.45) is 4.62. The summed E-state index contributed by atoms with van der Waals surface area (Å²) in [4.78, 5) is 10.4. The van der Waals surface area contributed by atoms with Gasteiger partial charge in [-0.1, -0.05) is 127 Å². The molecule has 4 aromatic heterocycles. The van der Waals surface area contributed by atoms with Gasteiger partial charge in [-0.2, -0.15) is 0 Å². The number of fused-ring (bicyclic) bond motifs is 12. The van der Waals surface area contributed by atoms with Gasteiger partial charge in [0.05, 0.1) is 16.7 Å². The predicted molar refractivity (Wildman–Crippen MR) is 222 cm³/mol. The molecule has 53 heavy (non-hydrogen) atoms. The monoisotopic (exact) mass is 693 g/mol. The normalized spacial score (nSPS) is 12.5. The molecule has 4 nitrogen and oxygen atoms in total. The zero-order valence-electron chi connectivity index (χ0n) is 28.2. The molecule has 12 rings (SSSR count). The predicted octanol–water partition coefficient (Wildman–Crippen LogP) is 13.3. The molecule has 246 valence electrons. The number of benzene rings is 7. The van der Waals surface area contributed by atoms with E-state index in [0.29, 0.717) is 11.4 Å². The lowest BCUT2D eigenvalue weighted by molar-refractivity contribution is 0.667. The summed E-state index contributed by atoms with van der Waals surface area (Å²) in [6.45, 7) is 0. The van der Waals surface area contributed by atoms with Crippen LogP contribution in [0.4, 0.5) is 0 Å². The molecule has 1 aliphatic heterocycles. The number of nitrogens with zero attached hydrogens (tertiary/aromatic N) is 3. The summed E-state index contributed by atoms with van der Waals surface area (Å²) < 4.78 is 11.5. The van der Waals surface area contributed by atoms with Gasteiger partial charge in [-0.3, -0.25) is 0 Å². The molecule has 0 N–H and O–H groups in total. The van der Waals surface area contributed by atoms with E-state index in [2.05, 4.69) is 132 Å². The van der Waals surface area contributed by atoms with Crippen molar-refractivity contribution < 1.29 is 4.42 Å². The summed E-state index contributed by atoms with van der Waals surface area (Å²) in [5.41, 5.74) is 13.5. The van der Waals surface area contributed by atoms with Crippen LogP contribution in [-0.2, 0) is 0 Å². The van der Waals surface area contributed by atoms with Gasteiger partial charge in [-0.25, -0.2) is 9.97 Å². The Labute approximate surface area is 307 Å². The zero-order valence-corrected chi connectivity index (χ0v) is 29.1. The lowest BCUT2D eigenvalue weighted by atomic mass is 9.94. The molecule has 0 unspecified atom stereocenters. The van der Waals surface area contributed by atoms with E-state index in [1.165, 1.54) is 64.4 Å². The van der Waals surface area contributed by atoms with Crippen LogP contribution >= 0.6 is 11.3 Å². The van der Waals surface area contributed by atoms with Crippen molar-refractivity contribution in [2.75, 3.05) is 0 Å². The number of rotatable bonds is 3. The van der Waals surface area contributed by atoms with Crippen molar-refractivity contribution in [2.45, 2.75) is 0 Å².